The van der Waals surface area contributed by atoms with Crippen molar-refractivity contribution in [3.63, 3.8) is 0 Å². The van der Waals surface area contributed by atoms with E-state index in [1.54, 1.807) is 12.1 Å². The van der Waals surface area contributed by atoms with Crippen molar-refractivity contribution in [3.8, 4) is 0 Å². The Morgan fingerprint density at radius 3 is 1.93 bits per heavy atom. The first-order chi connectivity index (χ1) is 6.99. The van der Waals surface area contributed by atoms with Gasteiger partial charge in [0.05, 0.1) is 0 Å². The third kappa shape index (κ3) is 3.13. The van der Waals surface area contributed by atoms with Gasteiger partial charge in [0, 0.05) is 0 Å². The molecular formula is C10H16AsNO3. The van der Waals surface area contributed by atoms with Crippen LogP contribution in [0.3, 0.4) is 0 Å². The quantitative estimate of drug-likeness (QED) is 0.764. The van der Waals surface area contributed by atoms with Crippen LogP contribution >= 0.6 is 0 Å². The minimum atomic E-state index is -4.71. The molecular weight excluding hydrogens is 257 g/mol. The number of anilines is 1. The second-order valence-corrected chi connectivity index (χ2v) is 6.60. The van der Waals surface area contributed by atoms with Gasteiger partial charge in [-0.3, -0.25) is 0 Å². The van der Waals surface area contributed by atoms with Crippen molar-refractivity contribution in [1.82, 2.24) is 0 Å². The molecule has 1 aromatic carbocycles. The third-order valence-electron chi connectivity index (χ3n) is 2.31. The van der Waals surface area contributed by atoms with E-state index in [9.17, 15) is 3.74 Å². The fraction of sp³-hybridized carbons (Fsp3) is 0.400. The zero-order valence-corrected chi connectivity index (χ0v) is 10.8. The van der Waals surface area contributed by atoms with Gasteiger partial charge in [0.15, 0.2) is 0 Å². The fourth-order valence-corrected chi connectivity index (χ4v) is 2.57. The number of benzene rings is 1. The molecule has 0 fully saturated rings. The molecule has 0 aliphatic rings. The van der Waals surface area contributed by atoms with Gasteiger partial charge in [0.1, 0.15) is 0 Å². The van der Waals surface area contributed by atoms with Crippen LogP contribution in [-0.4, -0.2) is 35.5 Å². The van der Waals surface area contributed by atoms with E-state index in [2.05, 4.69) is 4.90 Å². The molecule has 4 nitrogen and oxygen atoms in total. The maximum atomic E-state index is 11.0. The molecule has 1 aromatic rings. The van der Waals surface area contributed by atoms with E-state index in [1.807, 2.05) is 13.8 Å². The molecule has 0 saturated heterocycles. The van der Waals surface area contributed by atoms with Gasteiger partial charge in [-0.2, -0.15) is 0 Å². The monoisotopic (exact) mass is 273 g/mol. The van der Waals surface area contributed by atoms with Crippen LogP contribution in [0.15, 0.2) is 24.3 Å². The molecule has 0 atom stereocenters. The van der Waals surface area contributed by atoms with Gasteiger partial charge in [-0.05, 0) is 0 Å². The Hall–Kier alpha value is -0.702. The summed E-state index contributed by atoms with van der Waals surface area (Å²) in [5.74, 6) is 0. The molecule has 0 aliphatic carbocycles. The van der Waals surface area contributed by atoms with Gasteiger partial charge in [0.25, 0.3) is 0 Å². The first kappa shape index (κ1) is 12.4. The zero-order chi connectivity index (χ0) is 11.5. The predicted octanol–water partition coefficient (Wildman–Crippen LogP) is 0.0938. The average molecular weight is 273 g/mol. The van der Waals surface area contributed by atoms with Crippen molar-refractivity contribution in [2.24, 2.45) is 0 Å². The number of hydrogen-bond acceptors (Lipinski definition) is 2. The van der Waals surface area contributed by atoms with Crippen molar-refractivity contribution in [2.45, 2.75) is 13.8 Å². The molecule has 0 radical (unpaired) electrons. The van der Waals surface area contributed by atoms with E-state index in [4.69, 9.17) is 8.19 Å². The molecule has 15 heavy (non-hydrogen) atoms. The van der Waals surface area contributed by atoms with Crippen LogP contribution in [-0.2, 0) is 3.74 Å². The molecule has 1 rings (SSSR count). The van der Waals surface area contributed by atoms with E-state index in [0.717, 1.165) is 18.8 Å². The molecule has 0 bridgehead atoms. The number of rotatable bonds is 4. The SMILES string of the molecule is CCN(CC)c1ccc([As](=O)(O)O)cc1. The van der Waals surface area contributed by atoms with Gasteiger partial charge in [-0.25, -0.2) is 0 Å². The summed E-state index contributed by atoms with van der Waals surface area (Å²) in [5.41, 5.74) is 0.993. The van der Waals surface area contributed by atoms with Crippen molar-refractivity contribution >= 4 is 24.2 Å². The molecule has 0 heterocycles. The molecule has 0 aliphatic heterocycles. The van der Waals surface area contributed by atoms with Gasteiger partial charge < -0.3 is 0 Å². The summed E-state index contributed by atoms with van der Waals surface area (Å²) in [6.07, 6.45) is 0. The van der Waals surface area contributed by atoms with Crippen LogP contribution in [0.1, 0.15) is 13.8 Å². The van der Waals surface area contributed by atoms with Crippen LogP contribution < -0.4 is 9.25 Å². The minimum absolute atomic E-state index is 0.129. The fourth-order valence-electron chi connectivity index (χ4n) is 1.45. The van der Waals surface area contributed by atoms with Crippen molar-refractivity contribution in [3.05, 3.63) is 24.3 Å². The van der Waals surface area contributed by atoms with E-state index in [1.165, 1.54) is 12.1 Å². The maximum absolute atomic E-state index is 11.0. The van der Waals surface area contributed by atoms with Crippen LogP contribution in [0.25, 0.3) is 0 Å². The van der Waals surface area contributed by atoms with Gasteiger partial charge in [-0.15, -0.1) is 0 Å². The summed E-state index contributed by atoms with van der Waals surface area (Å²) in [6.45, 7) is 5.86. The van der Waals surface area contributed by atoms with Crippen molar-refractivity contribution in [1.29, 1.82) is 0 Å². The molecule has 0 unspecified atom stereocenters. The number of nitrogens with zero attached hydrogens (tertiary/aromatic N) is 1. The average Bonchev–Trinajstić information content (AvgIpc) is 2.19. The van der Waals surface area contributed by atoms with Gasteiger partial charge in [-0.1, -0.05) is 0 Å². The van der Waals surface area contributed by atoms with Gasteiger partial charge in [0.2, 0.25) is 0 Å². The summed E-state index contributed by atoms with van der Waals surface area (Å²) in [7, 11) is 0. The predicted molar refractivity (Wildman–Crippen MR) is 60.5 cm³/mol. The first-order valence-electron chi connectivity index (χ1n) is 4.90. The Morgan fingerprint density at radius 1 is 1.13 bits per heavy atom. The third-order valence-corrected chi connectivity index (χ3v) is 4.35. The molecule has 0 spiro atoms. The van der Waals surface area contributed by atoms with E-state index in [0.29, 0.717) is 0 Å². The Labute approximate surface area is 92.5 Å². The molecule has 2 N–H and O–H groups in total. The van der Waals surface area contributed by atoms with Crippen LogP contribution in [0, 0.1) is 0 Å². The summed E-state index contributed by atoms with van der Waals surface area (Å²) in [6, 6.07) is 6.52. The second kappa shape index (κ2) is 4.88. The Kier molecular flexibility index (Phi) is 4.03. The second-order valence-electron chi connectivity index (χ2n) is 3.23. The summed E-state index contributed by atoms with van der Waals surface area (Å²) in [4.78, 5) is 2.12. The first-order valence-corrected chi connectivity index (χ1v) is 8.28. The van der Waals surface area contributed by atoms with Crippen molar-refractivity contribution in [2.75, 3.05) is 18.0 Å². The van der Waals surface area contributed by atoms with Gasteiger partial charge >= 0.3 is 92.2 Å². The standard InChI is InChI=1S/C10H16AsNO3/c1-3-12(4-2)10-7-5-9(6-8-10)11(13,14)15/h5-8H,3-4H2,1-2H3,(H2,13,14,15). The van der Waals surface area contributed by atoms with E-state index < -0.39 is 14.2 Å². The normalized spacial score (nSPS) is 11.5. The molecule has 5 heteroatoms. The van der Waals surface area contributed by atoms with E-state index >= 15 is 0 Å². The van der Waals surface area contributed by atoms with Crippen molar-refractivity contribution < 1.29 is 11.9 Å². The van der Waals surface area contributed by atoms with Crippen LogP contribution in [0.5, 0.6) is 0 Å². The summed E-state index contributed by atoms with van der Waals surface area (Å²) < 4.78 is 29.1. The van der Waals surface area contributed by atoms with E-state index in [-0.39, 0.29) is 4.35 Å². The Balaban J connectivity index is 2.94. The Morgan fingerprint density at radius 2 is 1.60 bits per heavy atom. The molecule has 0 amide bonds. The summed E-state index contributed by atoms with van der Waals surface area (Å²) >= 11 is -4.71. The zero-order valence-electron chi connectivity index (χ0n) is 8.92. The Bertz CT molecular complexity index is 353. The van der Waals surface area contributed by atoms with Crippen LogP contribution in [0.2, 0.25) is 0 Å². The number of hydrogen-bond donors (Lipinski definition) is 2. The van der Waals surface area contributed by atoms with Crippen LogP contribution in [0.4, 0.5) is 5.69 Å². The molecule has 0 aromatic heterocycles. The molecule has 84 valence electrons. The molecule has 0 saturated carbocycles. The summed E-state index contributed by atoms with van der Waals surface area (Å²) in [5, 5.41) is 0. The topological polar surface area (TPSA) is 60.8 Å².